The van der Waals surface area contributed by atoms with E-state index < -0.39 is 142 Å². The summed E-state index contributed by atoms with van der Waals surface area (Å²) in [7, 11) is 0. The van der Waals surface area contributed by atoms with Crippen LogP contribution >= 0.6 is 23.5 Å². The monoisotopic (exact) mass is 1420 g/mol. The van der Waals surface area contributed by atoms with E-state index in [2.05, 4.69) is 0 Å². The average Bonchev–Trinajstić information content (AvgIpc) is 0.708. The summed E-state index contributed by atoms with van der Waals surface area (Å²) in [5, 5.41) is 0. The van der Waals surface area contributed by atoms with E-state index in [0.29, 0.717) is 52.6 Å². The Morgan fingerprint density at radius 2 is 0.533 bits per heavy atom. The molecule has 0 spiro atoms. The molecule has 520 valence electrons. The Balaban J connectivity index is 0.000000470. The van der Waals surface area contributed by atoms with Crippen LogP contribution < -0.4 is 0 Å². The summed E-state index contributed by atoms with van der Waals surface area (Å²) in [5.74, 6) is -116. The van der Waals surface area contributed by atoms with Crippen LogP contribution in [0.3, 0.4) is 0 Å². The molecule has 0 saturated carbocycles. The van der Waals surface area contributed by atoms with Gasteiger partial charge >= 0.3 is 95.3 Å². The third kappa shape index (κ3) is 13.9. The summed E-state index contributed by atoms with van der Waals surface area (Å²) in [6, 6.07) is 9.07. The quantitative estimate of drug-likeness (QED) is 0.0525. The van der Waals surface area contributed by atoms with E-state index in [0.717, 1.165) is 24.3 Å². The number of halogens is 34. The first kappa shape index (κ1) is 80.2. The number of benzene rings is 2. The van der Waals surface area contributed by atoms with Crippen molar-refractivity contribution in [3.8, 4) is 0 Å². The lowest BCUT2D eigenvalue weighted by Crippen LogP contribution is -2.74. The fourth-order valence-electron chi connectivity index (χ4n) is 7.94. The van der Waals surface area contributed by atoms with Gasteiger partial charge in [-0.25, -0.2) is 0 Å². The summed E-state index contributed by atoms with van der Waals surface area (Å²) >= 11 is 0.354. The fourth-order valence-corrected chi connectivity index (χ4v) is 9.79. The maximum atomic E-state index is 14.1. The number of rotatable bonds is 26. The lowest BCUT2D eigenvalue weighted by molar-refractivity contribution is -0.461. The van der Waals surface area contributed by atoms with Crippen molar-refractivity contribution in [1.29, 1.82) is 0 Å². The second-order valence-electron chi connectivity index (χ2n) is 20.5. The number of hydrogen-bond acceptors (Lipinski definition) is 8. The number of hydrogen-bond donors (Lipinski definition) is 0. The minimum absolute atomic E-state index is 0.0865. The maximum absolute atomic E-state index is 14.1. The second kappa shape index (κ2) is 25.9. The standard InChI is InChI=1S/2C24H22F17NO2S/c2*1-16(2,42-8-10-44-11-9-42)15(43)13-3-5-14(6-4-13)45-12-7-17(25,26)18(27,28)19(29,30)20(31,32)21(33,34)22(35,36)23(37,38)24(39,40)41/h2*3-6H,7-12H2,1-2H3. The number of carbonyl (C=O) groups is 2. The molecule has 0 N–H and O–H groups in total. The molecule has 0 unspecified atom stereocenters. The molecule has 2 aromatic carbocycles. The zero-order chi connectivity index (χ0) is 70.6. The van der Waals surface area contributed by atoms with Crippen molar-refractivity contribution in [2.24, 2.45) is 0 Å². The van der Waals surface area contributed by atoms with Crippen LogP contribution in [0.25, 0.3) is 0 Å². The Kier molecular flexibility index (Phi) is 23.1. The van der Waals surface area contributed by atoms with Crippen LogP contribution in [-0.4, -0.2) is 192 Å². The van der Waals surface area contributed by atoms with Crippen molar-refractivity contribution in [1.82, 2.24) is 9.80 Å². The van der Waals surface area contributed by atoms with Crippen molar-refractivity contribution in [3.63, 3.8) is 0 Å². The Hall–Kier alpha value is -4.06. The SMILES string of the molecule is CC(C)(C(=O)c1ccc(SCCC(F)(F)C(F)(F)C(F)(F)C(F)(F)C(F)(F)C(F)(F)C(F)(F)C(F)(F)F)cc1)N1CCOCC1.CC(C)(C(=O)c1ccc(SCCC(F)(F)C(F)(F)C(F)(F)C(F)(F)C(F)(F)C(F)(F)C(F)(F)C(F)(F)F)cc1)N1CCOCC1. The van der Waals surface area contributed by atoms with E-state index >= 15 is 0 Å². The molecular weight excluding hydrogens is 1380 g/mol. The molecule has 0 amide bonds. The molecule has 90 heavy (non-hydrogen) atoms. The van der Waals surface area contributed by atoms with Crippen LogP contribution in [0.2, 0.25) is 0 Å². The first-order chi connectivity index (χ1) is 39.9. The smallest absolute Gasteiger partial charge is 0.379 e. The van der Waals surface area contributed by atoms with Gasteiger partial charge in [0.25, 0.3) is 0 Å². The number of nitrogens with zero attached hydrogens (tertiary/aromatic N) is 2. The van der Waals surface area contributed by atoms with Crippen molar-refractivity contribution >= 4 is 35.1 Å². The van der Waals surface area contributed by atoms with E-state index in [9.17, 15) is 159 Å². The lowest BCUT2D eigenvalue weighted by atomic mass is 9.88. The molecule has 2 heterocycles. The number of morpholine rings is 2. The van der Waals surface area contributed by atoms with Gasteiger partial charge in [0.1, 0.15) is 0 Å². The number of alkyl halides is 34. The largest absolute Gasteiger partial charge is 0.460 e. The summed E-state index contributed by atoms with van der Waals surface area (Å²) in [6.07, 6.45) is -20.7. The lowest BCUT2D eigenvalue weighted by Gasteiger charge is -2.42. The van der Waals surface area contributed by atoms with Crippen LogP contribution in [0.15, 0.2) is 58.3 Å². The maximum Gasteiger partial charge on any atom is 0.460 e. The molecule has 2 fully saturated rings. The number of ether oxygens (including phenoxy) is 2. The zero-order valence-corrected chi connectivity index (χ0v) is 46.9. The summed E-state index contributed by atoms with van der Waals surface area (Å²) in [6.45, 7) is 9.46. The van der Waals surface area contributed by atoms with Crippen molar-refractivity contribution in [2.45, 2.75) is 157 Å². The van der Waals surface area contributed by atoms with Gasteiger partial charge in [-0.3, -0.25) is 19.4 Å². The van der Waals surface area contributed by atoms with Crippen LogP contribution in [0.1, 0.15) is 61.3 Å². The van der Waals surface area contributed by atoms with Crippen LogP contribution in [0.4, 0.5) is 149 Å². The molecule has 0 aromatic heterocycles. The minimum Gasteiger partial charge on any atom is -0.379 e. The van der Waals surface area contributed by atoms with Crippen LogP contribution in [-0.2, 0) is 9.47 Å². The highest BCUT2D eigenvalue weighted by molar-refractivity contribution is 7.99. The third-order valence-corrected chi connectivity index (χ3v) is 15.9. The molecule has 2 aliphatic rings. The van der Waals surface area contributed by atoms with Gasteiger partial charge in [0.05, 0.1) is 37.5 Å². The average molecular weight is 1420 g/mol. The number of carbonyl (C=O) groups excluding carboxylic acids is 2. The Morgan fingerprint density at radius 1 is 0.333 bits per heavy atom. The molecule has 6 nitrogen and oxygen atoms in total. The van der Waals surface area contributed by atoms with Gasteiger partial charge in [0.15, 0.2) is 11.6 Å². The topological polar surface area (TPSA) is 59.1 Å². The number of thioether (sulfide) groups is 2. The molecule has 2 saturated heterocycles. The van der Waals surface area contributed by atoms with E-state index in [1.54, 1.807) is 27.7 Å². The molecular formula is C48H44F34N2O4S2. The van der Waals surface area contributed by atoms with Gasteiger partial charge in [-0.1, -0.05) is 24.3 Å². The van der Waals surface area contributed by atoms with E-state index in [4.69, 9.17) is 9.47 Å². The van der Waals surface area contributed by atoms with Crippen LogP contribution in [0.5, 0.6) is 0 Å². The second-order valence-corrected chi connectivity index (χ2v) is 22.9. The molecule has 0 aliphatic carbocycles. The molecule has 0 bridgehead atoms. The van der Waals surface area contributed by atoms with Gasteiger partial charge in [-0.15, -0.1) is 23.5 Å². The number of Topliss-reactive ketones (excluding diaryl/α,β-unsaturated/α-hetero) is 2. The Labute approximate surface area is 493 Å². The first-order valence-corrected chi connectivity index (χ1v) is 26.5. The first-order valence-electron chi connectivity index (χ1n) is 24.5. The molecule has 0 atom stereocenters. The zero-order valence-electron chi connectivity index (χ0n) is 45.3. The van der Waals surface area contributed by atoms with Crippen molar-refractivity contribution < 1.29 is 168 Å². The Bertz CT molecular complexity index is 2570. The summed E-state index contributed by atoms with van der Waals surface area (Å²) in [5.41, 5.74) is -1.90. The summed E-state index contributed by atoms with van der Waals surface area (Å²) < 4.78 is 466. The summed E-state index contributed by atoms with van der Waals surface area (Å²) in [4.78, 5) is 29.3. The van der Waals surface area contributed by atoms with E-state index in [-0.39, 0.29) is 44.4 Å². The van der Waals surface area contributed by atoms with Gasteiger partial charge in [-0.2, -0.15) is 149 Å². The minimum atomic E-state index is -8.65. The van der Waals surface area contributed by atoms with Crippen molar-refractivity contribution in [2.75, 3.05) is 64.1 Å². The van der Waals surface area contributed by atoms with Crippen molar-refractivity contribution in [3.05, 3.63) is 59.7 Å². The van der Waals surface area contributed by atoms with Gasteiger partial charge in [0, 0.05) is 71.4 Å². The highest BCUT2D eigenvalue weighted by Gasteiger charge is 2.97. The molecule has 2 aromatic rings. The molecule has 42 heteroatoms. The fraction of sp³-hybridized carbons (Fsp3) is 0.708. The highest BCUT2D eigenvalue weighted by atomic mass is 32.2. The third-order valence-electron chi connectivity index (χ3n) is 13.9. The van der Waals surface area contributed by atoms with Gasteiger partial charge < -0.3 is 9.47 Å². The molecule has 4 rings (SSSR count). The normalized spacial score (nSPS) is 17.5. The van der Waals surface area contributed by atoms with Gasteiger partial charge in [-0.05, 0) is 52.0 Å². The predicted octanol–water partition coefficient (Wildman–Crippen LogP) is 16.9. The number of ketones is 2. The van der Waals surface area contributed by atoms with E-state index in [1.807, 2.05) is 9.80 Å². The Morgan fingerprint density at radius 3 is 0.744 bits per heavy atom. The van der Waals surface area contributed by atoms with Gasteiger partial charge in [0.2, 0.25) is 0 Å². The highest BCUT2D eigenvalue weighted by Crippen LogP contribution is 2.66. The molecule has 0 radical (unpaired) electrons. The van der Waals surface area contributed by atoms with E-state index in [1.165, 1.54) is 24.3 Å². The molecule has 2 aliphatic heterocycles. The van der Waals surface area contributed by atoms with Crippen LogP contribution in [0, 0.1) is 0 Å². The predicted molar refractivity (Wildman–Crippen MR) is 247 cm³/mol.